The third-order valence-electron chi connectivity index (χ3n) is 1.75. The van der Waals surface area contributed by atoms with Crippen molar-refractivity contribution in [3.05, 3.63) is 0 Å². The lowest BCUT2D eigenvalue weighted by Crippen LogP contribution is -2.11. The highest BCUT2D eigenvalue weighted by Gasteiger charge is 2.65. The second-order valence-corrected chi connectivity index (χ2v) is 4.16. The highest BCUT2D eigenvalue weighted by atomic mass is 79.9. The molecule has 9 heavy (non-hydrogen) atoms. The molecule has 0 spiro atoms. The van der Waals surface area contributed by atoms with Gasteiger partial charge in [0, 0.05) is 0 Å². The van der Waals surface area contributed by atoms with E-state index in [1.165, 1.54) is 0 Å². The standard InChI is InChI=1S/C6H10BrClO/c1-3-5(7)6(8,4-2)9-5/h3-4H2,1-2H3/t5-,6-/m0/s1. The van der Waals surface area contributed by atoms with Gasteiger partial charge in [0.1, 0.15) is 0 Å². The quantitative estimate of drug-likeness (QED) is 0.508. The minimum absolute atomic E-state index is 0.226. The molecule has 0 radical (unpaired) electrons. The first-order valence-electron chi connectivity index (χ1n) is 3.16. The van der Waals surface area contributed by atoms with E-state index < -0.39 is 5.06 Å². The van der Waals surface area contributed by atoms with E-state index in [-0.39, 0.29) is 4.51 Å². The molecule has 3 heteroatoms. The first-order valence-corrected chi connectivity index (χ1v) is 4.33. The van der Waals surface area contributed by atoms with E-state index >= 15 is 0 Å². The predicted molar refractivity (Wildman–Crippen MR) is 41.9 cm³/mol. The summed E-state index contributed by atoms with van der Waals surface area (Å²) in [6, 6.07) is 0. The Balaban J connectivity index is 2.54. The molecule has 1 saturated heterocycles. The molecule has 0 aromatic heterocycles. The Bertz CT molecular complexity index is 116. The topological polar surface area (TPSA) is 12.5 Å². The van der Waals surface area contributed by atoms with Crippen LogP contribution in [0.5, 0.6) is 0 Å². The number of alkyl halides is 2. The average Bonchev–Trinajstić information content (AvgIpc) is 2.39. The van der Waals surface area contributed by atoms with Crippen LogP contribution in [0, 0.1) is 0 Å². The summed E-state index contributed by atoms with van der Waals surface area (Å²) in [7, 11) is 0. The molecular formula is C6H10BrClO. The van der Waals surface area contributed by atoms with E-state index in [9.17, 15) is 0 Å². The minimum Gasteiger partial charge on any atom is -0.334 e. The van der Waals surface area contributed by atoms with E-state index in [0.29, 0.717) is 0 Å². The summed E-state index contributed by atoms with van der Waals surface area (Å²) in [5.74, 6) is 0. The van der Waals surface area contributed by atoms with Crippen molar-refractivity contribution >= 4 is 27.5 Å². The maximum Gasteiger partial charge on any atom is 0.182 e. The van der Waals surface area contributed by atoms with Gasteiger partial charge in [-0.05, 0) is 28.8 Å². The molecule has 0 unspecified atom stereocenters. The lowest BCUT2D eigenvalue weighted by Gasteiger charge is -2.01. The summed E-state index contributed by atoms with van der Waals surface area (Å²) < 4.78 is 5.05. The number of hydrogen-bond donors (Lipinski definition) is 0. The maximum absolute atomic E-state index is 5.97. The van der Waals surface area contributed by atoms with Crippen molar-refractivity contribution in [1.82, 2.24) is 0 Å². The number of epoxide rings is 1. The summed E-state index contributed by atoms with van der Waals surface area (Å²) in [6.45, 7) is 4.07. The number of rotatable bonds is 2. The van der Waals surface area contributed by atoms with Gasteiger partial charge in [0.05, 0.1) is 0 Å². The number of halogens is 2. The predicted octanol–water partition coefficient (Wildman–Crippen LogP) is 2.86. The Hall–Kier alpha value is 0.730. The molecule has 1 heterocycles. The van der Waals surface area contributed by atoms with Crippen molar-refractivity contribution in [2.45, 2.75) is 36.3 Å². The summed E-state index contributed by atoms with van der Waals surface area (Å²) >= 11 is 9.38. The molecule has 0 N–H and O–H groups in total. The first-order chi connectivity index (χ1) is 4.08. The molecule has 2 atom stereocenters. The third-order valence-corrected chi connectivity index (χ3v) is 3.99. The van der Waals surface area contributed by atoms with Crippen LogP contribution in [0.3, 0.4) is 0 Å². The van der Waals surface area contributed by atoms with Gasteiger partial charge in [-0.2, -0.15) is 0 Å². The largest absolute Gasteiger partial charge is 0.334 e. The van der Waals surface area contributed by atoms with Crippen LogP contribution in [0.4, 0.5) is 0 Å². The molecule has 0 aliphatic carbocycles. The summed E-state index contributed by atoms with van der Waals surface area (Å²) in [5, 5.41) is -0.415. The fraction of sp³-hybridized carbons (Fsp3) is 1.00. The van der Waals surface area contributed by atoms with Crippen molar-refractivity contribution in [2.24, 2.45) is 0 Å². The van der Waals surface area contributed by atoms with Gasteiger partial charge < -0.3 is 4.74 Å². The maximum atomic E-state index is 5.97. The highest BCUT2D eigenvalue weighted by molar-refractivity contribution is 9.10. The van der Waals surface area contributed by atoms with Crippen molar-refractivity contribution in [2.75, 3.05) is 0 Å². The third kappa shape index (κ3) is 1.02. The Morgan fingerprint density at radius 2 is 2.00 bits per heavy atom. The first kappa shape index (κ1) is 7.83. The molecule has 0 saturated carbocycles. The van der Waals surface area contributed by atoms with Gasteiger partial charge in [0.25, 0.3) is 0 Å². The zero-order valence-electron chi connectivity index (χ0n) is 5.58. The monoisotopic (exact) mass is 212 g/mol. The van der Waals surface area contributed by atoms with Crippen molar-refractivity contribution in [1.29, 1.82) is 0 Å². The lowest BCUT2D eigenvalue weighted by atomic mass is 10.2. The fourth-order valence-corrected chi connectivity index (χ4v) is 1.82. The van der Waals surface area contributed by atoms with Crippen LogP contribution >= 0.6 is 27.5 Å². The van der Waals surface area contributed by atoms with Gasteiger partial charge in [-0.1, -0.05) is 25.4 Å². The van der Waals surface area contributed by atoms with Crippen LogP contribution in [0.1, 0.15) is 26.7 Å². The molecule has 0 aromatic carbocycles. The molecule has 0 amide bonds. The van der Waals surface area contributed by atoms with Crippen LogP contribution in [-0.4, -0.2) is 9.57 Å². The molecule has 1 aliphatic heterocycles. The molecule has 54 valence electrons. The van der Waals surface area contributed by atoms with Crippen molar-refractivity contribution in [3.63, 3.8) is 0 Å². The van der Waals surface area contributed by atoms with Gasteiger partial charge >= 0.3 is 0 Å². The highest BCUT2D eigenvalue weighted by Crippen LogP contribution is 2.59. The Morgan fingerprint density at radius 3 is 2.11 bits per heavy atom. The van der Waals surface area contributed by atoms with Crippen LogP contribution in [-0.2, 0) is 4.74 Å². The molecule has 0 aromatic rings. The second-order valence-electron chi connectivity index (χ2n) is 2.27. The second kappa shape index (κ2) is 2.11. The van der Waals surface area contributed by atoms with Gasteiger partial charge in [-0.3, -0.25) is 0 Å². The Kier molecular flexibility index (Phi) is 1.83. The average molecular weight is 214 g/mol. The molecule has 1 nitrogen and oxygen atoms in total. The molecule has 1 aliphatic rings. The zero-order chi connectivity index (χ0) is 7.12. The fourth-order valence-electron chi connectivity index (χ4n) is 0.903. The zero-order valence-corrected chi connectivity index (χ0v) is 7.92. The number of ether oxygens (including phenoxy) is 1. The smallest absolute Gasteiger partial charge is 0.182 e. The lowest BCUT2D eigenvalue weighted by molar-refractivity contribution is 0.334. The molecule has 1 rings (SSSR count). The number of hydrogen-bond acceptors (Lipinski definition) is 1. The van der Waals surface area contributed by atoms with Gasteiger partial charge in [0.2, 0.25) is 0 Å². The van der Waals surface area contributed by atoms with Gasteiger partial charge in [-0.25, -0.2) is 0 Å². The SMILES string of the molecule is CC[C@]1(Cl)O[C@@]1(Br)CC. The molecule has 0 bridgehead atoms. The summed E-state index contributed by atoms with van der Waals surface area (Å²) in [4.78, 5) is 0. The molecular weight excluding hydrogens is 203 g/mol. The summed E-state index contributed by atoms with van der Waals surface area (Å²) in [6.07, 6.45) is 1.78. The van der Waals surface area contributed by atoms with E-state index in [1.54, 1.807) is 0 Å². The Labute approximate surface area is 68.8 Å². The van der Waals surface area contributed by atoms with E-state index in [1.807, 2.05) is 6.92 Å². The van der Waals surface area contributed by atoms with Gasteiger partial charge in [0.15, 0.2) is 9.57 Å². The van der Waals surface area contributed by atoms with E-state index in [0.717, 1.165) is 12.8 Å². The van der Waals surface area contributed by atoms with Crippen LogP contribution in [0.25, 0.3) is 0 Å². The van der Waals surface area contributed by atoms with Crippen LogP contribution < -0.4 is 0 Å². The normalized spacial score (nSPS) is 49.3. The van der Waals surface area contributed by atoms with Gasteiger partial charge in [-0.15, -0.1) is 0 Å². The minimum atomic E-state index is -0.415. The Morgan fingerprint density at radius 1 is 1.44 bits per heavy atom. The van der Waals surface area contributed by atoms with Crippen LogP contribution in [0.2, 0.25) is 0 Å². The summed E-state index contributed by atoms with van der Waals surface area (Å²) in [5.41, 5.74) is 0. The molecule has 1 fully saturated rings. The van der Waals surface area contributed by atoms with Crippen LogP contribution in [0.15, 0.2) is 0 Å². The van der Waals surface area contributed by atoms with Crippen molar-refractivity contribution in [3.8, 4) is 0 Å². The van der Waals surface area contributed by atoms with E-state index in [2.05, 4.69) is 22.9 Å². The van der Waals surface area contributed by atoms with E-state index in [4.69, 9.17) is 16.3 Å². The van der Waals surface area contributed by atoms with Crippen molar-refractivity contribution < 1.29 is 4.74 Å².